The number of halogens is 1. The molecule has 0 unspecified atom stereocenters. The van der Waals surface area contributed by atoms with Crippen molar-refractivity contribution in [2.45, 2.75) is 12.8 Å². The molecule has 2 heterocycles. The van der Waals surface area contributed by atoms with Crippen LogP contribution in [0.2, 0.25) is 0 Å². The third-order valence-corrected chi connectivity index (χ3v) is 4.06. The lowest BCUT2D eigenvalue weighted by molar-refractivity contribution is 0.415. The Kier molecular flexibility index (Phi) is 4.29. The molecule has 1 fully saturated rings. The smallest absolute Gasteiger partial charge is 0.210 e. The van der Waals surface area contributed by atoms with Gasteiger partial charge < -0.3 is 14.1 Å². The van der Waals surface area contributed by atoms with Crippen LogP contribution in [0.15, 0.2) is 44.2 Å². The fraction of sp³-hybridized carbons (Fsp3) is 0.312. The van der Waals surface area contributed by atoms with E-state index in [0.29, 0.717) is 0 Å². The summed E-state index contributed by atoms with van der Waals surface area (Å²) in [5.74, 6) is 2.48. The summed E-state index contributed by atoms with van der Waals surface area (Å²) < 4.78 is 12.0. The molecule has 5 heteroatoms. The molecule has 21 heavy (non-hydrogen) atoms. The second-order valence-corrected chi connectivity index (χ2v) is 5.81. The molecule has 2 aromatic rings. The fourth-order valence-corrected chi connectivity index (χ4v) is 2.94. The topological polar surface area (TPSA) is 38.0 Å². The van der Waals surface area contributed by atoms with Crippen molar-refractivity contribution in [3.05, 3.63) is 40.6 Å². The maximum absolute atomic E-state index is 5.87. The molecule has 0 radical (unpaired) electrons. The van der Waals surface area contributed by atoms with Gasteiger partial charge in [-0.15, -0.1) is 0 Å². The monoisotopic (exact) mass is 348 g/mol. The lowest BCUT2D eigenvalue weighted by atomic mass is 10.3. The Morgan fingerprint density at radius 1 is 1.24 bits per heavy atom. The van der Waals surface area contributed by atoms with E-state index < -0.39 is 0 Å². The summed E-state index contributed by atoms with van der Waals surface area (Å²) in [7, 11) is 1.65. The molecule has 1 aromatic heterocycles. The summed E-state index contributed by atoms with van der Waals surface area (Å²) in [6, 6.07) is 9.56. The van der Waals surface area contributed by atoms with Gasteiger partial charge in [0.2, 0.25) is 5.88 Å². The number of rotatable bonds is 4. The van der Waals surface area contributed by atoms with Crippen LogP contribution in [-0.2, 0) is 0 Å². The van der Waals surface area contributed by atoms with Crippen LogP contribution in [0.5, 0.6) is 5.75 Å². The molecule has 0 amide bonds. The average Bonchev–Trinajstić information content (AvgIpc) is 3.15. The van der Waals surface area contributed by atoms with Crippen molar-refractivity contribution >= 4 is 33.7 Å². The predicted molar refractivity (Wildman–Crippen MR) is 88.1 cm³/mol. The highest BCUT2D eigenvalue weighted by Gasteiger charge is 2.19. The second-order valence-electron chi connectivity index (χ2n) is 4.95. The second kappa shape index (κ2) is 6.35. The minimum Gasteiger partial charge on any atom is -0.497 e. The highest BCUT2D eigenvalue weighted by molar-refractivity contribution is 9.10. The van der Waals surface area contributed by atoms with E-state index >= 15 is 0 Å². The first-order chi connectivity index (χ1) is 10.3. The minimum atomic E-state index is 0.750. The molecule has 0 saturated carbocycles. The Morgan fingerprint density at radius 2 is 1.95 bits per heavy atom. The Morgan fingerprint density at radius 3 is 2.62 bits per heavy atom. The van der Waals surface area contributed by atoms with E-state index in [1.54, 1.807) is 13.3 Å². The van der Waals surface area contributed by atoms with E-state index in [1.165, 1.54) is 12.8 Å². The van der Waals surface area contributed by atoms with E-state index in [0.717, 1.165) is 40.6 Å². The standard InChI is InChI=1S/C16H17BrN2O2/c1-20-13-6-4-12(5-7-13)18-11-14-10-15(17)16(21-14)19-8-2-3-9-19/h4-7,10-11H,2-3,8-9H2,1H3. The van der Waals surface area contributed by atoms with Crippen LogP contribution >= 0.6 is 15.9 Å². The van der Waals surface area contributed by atoms with Gasteiger partial charge in [-0.25, -0.2) is 0 Å². The van der Waals surface area contributed by atoms with Gasteiger partial charge in [0.15, 0.2) is 0 Å². The third kappa shape index (κ3) is 3.29. The van der Waals surface area contributed by atoms with Gasteiger partial charge >= 0.3 is 0 Å². The van der Waals surface area contributed by atoms with E-state index in [4.69, 9.17) is 9.15 Å². The minimum absolute atomic E-state index is 0.750. The SMILES string of the molecule is COc1ccc(N=Cc2cc(Br)c(N3CCCC3)o2)cc1. The molecule has 1 aromatic carbocycles. The Labute approximate surface area is 132 Å². The van der Waals surface area contributed by atoms with Crippen molar-refractivity contribution < 1.29 is 9.15 Å². The molecule has 1 aliphatic heterocycles. The molecule has 3 rings (SSSR count). The Hall–Kier alpha value is -1.75. The summed E-state index contributed by atoms with van der Waals surface area (Å²) in [5, 5.41) is 0. The first-order valence-electron chi connectivity index (χ1n) is 6.98. The predicted octanol–water partition coefficient (Wildman–Crippen LogP) is 4.40. The lowest BCUT2D eigenvalue weighted by Crippen LogP contribution is -2.17. The zero-order chi connectivity index (χ0) is 14.7. The molecule has 4 nitrogen and oxygen atoms in total. The zero-order valence-corrected chi connectivity index (χ0v) is 13.5. The molecule has 1 aliphatic rings. The fourth-order valence-electron chi connectivity index (χ4n) is 2.38. The van der Waals surface area contributed by atoms with Crippen molar-refractivity contribution in [3.8, 4) is 5.75 Å². The van der Waals surface area contributed by atoms with Gasteiger partial charge in [0, 0.05) is 19.2 Å². The molecule has 0 aliphatic carbocycles. The summed E-state index contributed by atoms with van der Waals surface area (Å²) in [6.45, 7) is 2.11. The number of methoxy groups -OCH3 is 1. The number of aliphatic imine (C=N–C) groups is 1. The Bertz CT molecular complexity index is 628. The number of anilines is 1. The van der Waals surface area contributed by atoms with Crippen LogP contribution in [0, 0.1) is 0 Å². The van der Waals surface area contributed by atoms with Crippen molar-refractivity contribution in [3.63, 3.8) is 0 Å². The van der Waals surface area contributed by atoms with E-state index in [2.05, 4.69) is 25.8 Å². The van der Waals surface area contributed by atoms with Gasteiger partial charge in [-0.1, -0.05) is 0 Å². The van der Waals surface area contributed by atoms with Crippen molar-refractivity contribution in [2.24, 2.45) is 4.99 Å². The van der Waals surface area contributed by atoms with Crippen LogP contribution in [0.1, 0.15) is 18.6 Å². The summed E-state index contributed by atoms with van der Waals surface area (Å²) in [6.07, 6.45) is 4.19. The molecule has 0 bridgehead atoms. The number of hydrogen-bond acceptors (Lipinski definition) is 4. The summed E-state index contributed by atoms with van der Waals surface area (Å²) >= 11 is 3.56. The van der Waals surface area contributed by atoms with Gasteiger partial charge in [0.1, 0.15) is 11.5 Å². The molecule has 0 spiro atoms. The zero-order valence-electron chi connectivity index (χ0n) is 11.9. The van der Waals surface area contributed by atoms with E-state index in [1.807, 2.05) is 30.3 Å². The number of hydrogen-bond donors (Lipinski definition) is 0. The van der Waals surface area contributed by atoms with E-state index in [-0.39, 0.29) is 0 Å². The molecular weight excluding hydrogens is 332 g/mol. The molecule has 0 N–H and O–H groups in total. The maximum atomic E-state index is 5.87. The van der Waals surface area contributed by atoms with Crippen LogP contribution in [0.25, 0.3) is 0 Å². The molecule has 110 valence electrons. The van der Waals surface area contributed by atoms with Gasteiger partial charge in [-0.3, -0.25) is 4.99 Å². The van der Waals surface area contributed by atoms with Gasteiger partial charge in [0.05, 0.1) is 23.5 Å². The number of ether oxygens (including phenoxy) is 1. The van der Waals surface area contributed by atoms with Crippen LogP contribution in [0.4, 0.5) is 11.6 Å². The summed E-state index contributed by atoms with van der Waals surface area (Å²) in [4.78, 5) is 6.68. The van der Waals surface area contributed by atoms with E-state index in [9.17, 15) is 0 Å². The van der Waals surface area contributed by atoms with Crippen molar-refractivity contribution in [2.75, 3.05) is 25.1 Å². The van der Waals surface area contributed by atoms with Crippen LogP contribution < -0.4 is 9.64 Å². The number of furan rings is 1. The third-order valence-electron chi connectivity index (χ3n) is 3.49. The van der Waals surface area contributed by atoms with Crippen LogP contribution in [-0.4, -0.2) is 26.4 Å². The van der Waals surface area contributed by atoms with Gasteiger partial charge in [0.25, 0.3) is 0 Å². The van der Waals surface area contributed by atoms with Crippen LogP contribution in [0.3, 0.4) is 0 Å². The lowest BCUT2D eigenvalue weighted by Gasteiger charge is -2.13. The first-order valence-corrected chi connectivity index (χ1v) is 7.78. The van der Waals surface area contributed by atoms with Gasteiger partial charge in [-0.05, 0) is 53.0 Å². The molecule has 1 saturated heterocycles. The molecular formula is C16H17BrN2O2. The normalized spacial score (nSPS) is 15.0. The molecule has 0 atom stereocenters. The van der Waals surface area contributed by atoms with Crippen molar-refractivity contribution in [1.29, 1.82) is 0 Å². The number of benzene rings is 1. The van der Waals surface area contributed by atoms with Crippen molar-refractivity contribution in [1.82, 2.24) is 0 Å². The van der Waals surface area contributed by atoms with Gasteiger partial charge in [-0.2, -0.15) is 0 Å². The highest BCUT2D eigenvalue weighted by Crippen LogP contribution is 2.32. The average molecular weight is 349 g/mol. The summed E-state index contributed by atoms with van der Waals surface area (Å²) in [5.41, 5.74) is 0.867. The largest absolute Gasteiger partial charge is 0.497 e. The maximum Gasteiger partial charge on any atom is 0.210 e. The first kappa shape index (κ1) is 14.2. The highest BCUT2D eigenvalue weighted by atomic mass is 79.9. The quantitative estimate of drug-likeness (QED) is 0.768. The Balaban J connectivity index is 1.74. The number of nitrogens with zero attached hydrogens (tertiary/aromatic N) is 2.